The van der Waals surface area contributed by atoms with Crippen LogP contribution in [0.15, 0.2) is 36.5 Å². The monoisotopic (exact) mass is 264 g/mol. The van der Waals surface area contributed by atoms with Gasteiger partial charge in [-0.15, -0.1) is 0 Å². The summed E-state index contributed by atoms with van der Waals surface area (Å²) >= 11 is 0. The molecule has 2 aromatic heterocycles. The lowest BCUT2D eigenvalue weighted by atomic mass is 10.1. The van der Waals surface area contributed by atoms with E-state index in [-0.39, 0.29) is 0 Å². The van der Waals surface area contributed by atoms with Gasteiger partial charge in [0, 0.05) is 29.5 Å². The first-order chi connectivity index (χ1) is 9.56. The molecule has 0 saturated carbocycles. The van der Waals surface area contributed by atoms with Crippen LogP contribution in [-0.2, 0) is 6.54 Å². The fourth-order valence-electron chi connectivity index (χ4n) is 2.80. The minimum Gasteiger partial charge on any atom is -0.347 e. The molecule has 20 heavy (non-hydrogen) atoms. The highest BCUT2D eigenvalue weighted by Gasteiger charge is 2.08. The van der Waals surface area contributed by atoms with Gasteiger partial charge in [-0.05, 0) is 56.5 Å². The Hall–Kier alpha value is -2.09. The maximum absolute atomic E-state index is 4.61. The summed E-state index contributed by atoms with van der Waals surface area (Å²) in [5.41, 5.74) is 7.60. The van der Waals surface area contributed by atoms with E-state index in [2.05, 4.69) is 67.7 Å². The first-order valence-corrected chi connectivity index (χ1v) is 7.04. The maximum Gasteiger partial charge on any atom is 0.0708 e. The van der Waals surface area contributed by atoms with Gasteiger partial charge in [-0.2, -0.15) is 0 Å². The van der Waals surface area contributed by atoms with E-state index in [4.69, 9.17) is 0 Å². The largest absolute Gasteiger partial charge is 0.347 e. The second kappa shape index (κ2) is 4.78. The van der Waals surface area contributed by atoms with E-state index in [0.29, 0.717) is 0 Å². The van der Waals surface area contributed by atoms with Gasteiger partial charge in [0.25, 0.3) is 0 Å². The third-order valence-electron chi connectivity index (χ3n) is 4.19. The van der Waals surface area contributed by atoms with Gasteiger partial charge >= 0.3 is 0 Å². The zero-order chi connectivity index (χ0) is 14.3. The topological polar surface area (TPSA) is 17.8 Å². The fraction of sp³-hybridized carbons (Fsp3) is 0.278. The summed E-state index contributed by atoms with van der Waals surface area (Å²) in [7, 11) is 0. The molecule has 2 heterocycles. The van der Waals surface area contributed by atoms with Crippen molar-refractivity contribution in [3.63, 3.8) is 0 Å². The van der Waals surface area contributed by atoms with Crippen molar-refractivity contribution in [2.75, 3.05) is 0 Å². The molecule has 0 radical (unpaired) electrons. The highest BCUT2D eigenvalue weighted by Crippen LogP contribution is 2.22. The number of fused-ring (bicyclic) bond motifs is 1. The summed E-state index contributed by atoms with van der Waals surface area (Å²) in [6, 6.07) is 10.6. The predicted molar refractivity (Wildman–Crippen MR) is 84.2 cm³/mol. The van der Waals surface area contributed by atoms with Crippen molar-refractivity contribution >= 4 is 10.9 Å². The highest BCUT2D eigenvalue weighted by molar-refractivity contribution is 5.82. The Morgan fingerprint density at radius 2 is 1.80 bits per heavy atom. The standard InChI is InChI=1S/C18H20N2/c1-12-10-20(15(4)14(12)3)11-16-9-13(2)19-18-8-6-5-7-17(16)18/h5-10H,11H2,1-4H3. The number of rotatable bonds is 2. The Bertz CT molecular complexity index is 781. The van der Waals surface area contributed by atoms with Crippen molar-refractivity contribution in [3.05, 3.63) is 64.6 Å². The Kier molecular flexibility index (Phi) is 3.09. The number of benzene rings is 1. The number of nitrogens with zero attached hydrogens (tertiary/aromatic N) is 2. The van der Waals surface area contributed by atoms with Crippen LogP contribution in [0.25, 0.3) is 10.9 Å². The molecule has 0 unspecified atom stereocenters. The number of hydrogen-bond donors (Lipinski definition) is 0. The first-order valence-electron chi connectivity index (χ1n) is 7.04. The van der Waals surface area contributed by atoms with Crippen molar-refractivity contribution in [3.8, 4) is 0 Å². The molecule has 2 nitrogen and oxygen atoms in total. The molecule has 0 aliphatic rings. The Balaban J connectivity index is 2.12. The smallest absolute Gasteiger partial charge is 0.0708 e. The summed E-state index contributed by atoms with van der Waals surface area (Å²) in [6.07, 6.45) is 2.25. The molecule has 3 aromatic rings. The molecular weight excluding hydrogens is 244 g/mol. The number of pyridine rings is 1. The van der Waals surface area contributed by atoms with Crippen LogP contribution in [0.1, 0.15) is 28.1 Å². The fourth-order valence-corrected chi connectivity index (χ4v) is 2.80. The lowest BCUT2D eigenvalue weighted by Gasteiger charge is -2.11. The van der Waals surface area contributed by atoms with Gasteiger partial charge in [0.2, 0.25) is 0 Å². The molecule has 0 saturated heterocycles. The summed E-state index contributed by atoms with van der Waals surface area (Å²) < 4.78 is 2.34. The normalized spacial score (nSPS) is 11.2. The third-order valence-corrected chi connectivity index (χ3v) is 4.19. The maximum atomic E-state index is 4.61. The molecule has 0 spiro atoms. The van der Waals surface area contributed by atoms with Gasteiger partial charge in [-0.1, -0.05) is 18.2 Å². The lowest BCUT2D eigenvalue weighted by Crippen LogP contribution is -2.02. The summed E-state index contributed by atoms with van der Waals surface area (Å²) in [6.45, 7) is 9.53. The molecule has 0 amide bonds. The van der Waals surface area contributed by atoms with Crippen LogP contribution < -0.4 is 0 Å². The molecule has 0 bridgehead atoms. The Morgan fingerprint density at radius 3 is 2.50 bits per heavy atom. The van der Waals surface area contributed by atoms with E-state index in [1.54, 1.807) is 0 Å². The first kappa shape index (κ1) is 12.9. The molecular formula is C18H20N2. The second-order valence-corrected chi connectivity index (χ2v) is 5.59. The zero-order valence-corrected chi connectivity index (χ0v) is 12.6. The van der Waals surface area contributed by atoms with Crippen molar-refractivity contribution in [1.29, 1.82) is 0 Å². The number of para-hydroxylation sites is 1. The number of aromatic nitrogens is 2. The summed E-state index contributed by atoms with van der Waals surface area (Å²) in [5.74, 6) is 0. The van der Waals surface area contributed by atoms with Gasteiger partial charge < -0.3 is 4.57 Å². The van der Waals surface area contributed by atoms with Crippen LogP contribution in [0.2, 0.25) is 0 Å². The summed E-state index contributed by atoms with van der Waals surface area (Å²) in [5, 5.41) is 1.25. The molecule has 0 aliphatic carbocycles. The lowest BCUT2D eigenvalue weighted by molar-refractivity contribution is 0.775. The molecule has 3 rings (SSSR count). The second-order valence-electron chi connectivity index (χ2n) is 5.59. The average Bonchev–Trinajstić information content (AvgIpc) is 2.66. The van der Waals surface area contributed by atoms with E-state index in [0.717, 1.165) is 17.8 Å². The number of hydrogen-bond acceptors (Lipinski definition) is 1. The van der Waals surface area contributed by atoms with E-state index in [1.807, 2.05) is 6.07 Å². The van der Waals surface area contributed by atoms with E-state index in [1.165, 1.54) is 27.8 Å². The molecule has 0 fully saturated rings. The number of aryl methyl sites for hydroxylation is 2. The van der Waals surface area contributed by atoms with Crippen molar-refractivity contribution in [1.82, 2.24) is 9.55 Å². The SMILES string of the molecule is Cc1cc(Cn2cc(C)c(C)c2C)c2ccccc2n1. The van der Waals surface area contributed by atoms with E-state index >= 15 is 0 Å². The molecule has 1 aromatic carbocycles. The van der Waals surface area contributed by atoms with Gasteiger partial charge in [-0.3, -0.25) is 4.98 Å². The predicted octanol–water partition coefficient (Wildman–Crippen LogP) is 4.32. The van der Waals surface area contributed by atoms with Gasteiger partial charge in [-0.25, -0.2) is 0 Å². The molecule has 0 N–H and O–H groups in total. The average molecular weight is 264 g/mol. The van der Waals surface area contributed by atoms with E-state index in [9.17, 15) is 0 Å². The molecule has 0 atom stereocenters. The quantitative estimate of drug-likeness (QED) is 0.674. The minimum atomic E-state index is 0.907. The van der Waals surface area contributed by atoms with Crippen LogP contribution >= 0.6 is 0 Å². The molecule has 102 valence electrons. The van der Waals surface area contributed by atoms with E-state index < -0.39 is 0 Å². The highest BCUT2D eigenvalue weighted by atomic mass is 15.0. The van der Waals surface area contributed by atoms with Crippen LogP contribution in [0, 0.1) is 27.7 Å². The Morgan fingerprint density at radius 1 is 1.05 bits per heavy atom. The van der Waals surface area contributed by atoms with Gasteiger partial charge in [0.15, 0.2) is 0 Å². The van der Waals surface area contributed by atoms with Crippen LogP contribution in [-0.4, -0.2) is 9.55 Å². The minimum absolute atomic E-state index is 0.907. The molecule has 2 heteroatoms. The van der Waals surface area contributed by atoms with Gasteiger partial charge in [0.05, 0.1) is 5.52 Å². The van der Waals surface area contributed by atoms with Crippen molar-refractivity contribution in [2.45, 2.75) is 34.2 Å². The Labute approximate surface area is 120 Å². The van der Waals surface area contributed by atoms with Crippen LogP contribution in [0.4, 0.5) is 0 Å². The molecule has 0 aliphatic heterocycles. The van der Waals surface area contributed by atoms with Crippen molar-refractivity contribution in [2.24, 2.45) is 0 Å². The third kappa shape index (κ3) is 2.11. The van der Waals surface area contributed by atoms with Crippen molar-refractivity contribution < 1.29 is 0 Å². The van der Waals surface area contributed by atoms with Crippen LogP contribution in [0.5, 0.6) is 0 Å². The van der Waals surface area contributed by atoms with Crippen LogP contribution in [0.3, 0.4) is 0 Å². The summed E-state index contributed by atoms with van der Waals surface area (Å²) in [4.78, 5) is 4.61. The zero-order valence-electron chi connectivity index (χ0n) is 12.6. The van der Waals surface area contributed by atoms with Gasteiger partial charge in [0.1, 0.15) is 0 Å².